The summed E-state index contributed by atoms with van der Waals surface area (Å²) in [5.41, 5.74) is 0.910. The van der Waals surface area contributed by atoms with Gasteiger partial charge in [0, 0.05) is 18.9 Å². The van der Waals surface area contributed by atoms with Gasteiger partial charge in [-0.15, -0.1) is 0 Å². The van der Waals surface area contributed by atoms with Gasteiger partial charge >= 0.3 is 12.0 Å². The Morgan fingerprint density at radius 2 is 1.71 bits per heavy atom. The average Bonchev–Trinajstić information content (AvgIpc) is 3.42. The maximum Gasteiger partial charge on any atom is 0.338 e. The number of nitrogens with one attached hydrogen (secondary N) is 2. The Morgan fingerprint density at radius 3 is 2.29 bits per heavy atom. The van der Waals surface area contributed by atoms with E-state index in [0.717, 1.165) is 12.8 Å². The summed E-state index contributed by atoms with van der Waals surface area (Å²) in [7, 11) is 0. The molecule has 28 heavy (non-hydrogen) atoms. The minimum atomic E-state index is -1.14. The van der Waals surface area contributed by atoms with Crippen LogP contribution in [0, 0.1) is 0 Å². The first-order chi connectivity index (χ1) is 13.3. The molecule has 3 rings (SSSR count). The molecule has 2 fully saturated rings. The van der Waals surface area contributed by atoms with E-state index in [4.69, 9.17) is 4.74 Å². The summed E-state index contributed by atoms with van der Waals surface area (Å²) in [4.78, 5) is 60.1. The highest BCUT2D eigenvalue weighted by molar-refractivity contribution is 6.02. The zero-order valence-corrected chi connectivity index (χ0v) is 15.4. The monoisotopic (exact) mass is 387 g/mol. The van der Waals surface area contributed by atoms with Crippen LogP contribution in [0.5, 0.6) is 0 Å². The second-order valence-electron chi connectivity index (χ2n) is 6.86. The lowest BCUT2D eigenvalue weighted by Crippen LogP contribution is -2.45. The Kier molecular flexibility index (Phi) is 5.72. The van der Waals surface area contributed by atoms with Gasteiger partial charge in [0.2, 0.25) is 11.8 Å². The van der Waals surface area contributed by atoms with Crippen molar-refractivity contribution in [2.75, 3.05) is 0 Å². The van der Waals surface area contributed by atoms with E-state index in [2.05, 4.69) is 10.6 Å². The van der Waals surface area contributed by atoms with Crippen LogP contribution in [0.2, 0.25) is 0 Å². The highest BCUT2D eigenvalue weighted by Gasteiger charge is 2.29. The number of amides is 5. The standard InChI is InChI=1S/C19H21N3O6/c1-11(17(25)21-19(27)20-14-6-7-14)28-18(26)13-4-2-12(3-5-13)10-22-15(23)8-9-16(22)24/h2-5,11,14H,6-10H2,1H3,(H2,20,21,25,27). The highest BCUT2D eigenvalue weighted by atomic mass is 16.5. The van der Waals surface area contributed by atoms with Gasteiger partial charge in [-0.05, 0) is 37.5 Å². The van der Waals surface area contributed by atoms with Gasteiger partial charge in [0.05, 0.1) is 12.1 Å². The molecule has 0 spiro atoms. The lowest BCUT2D eigenvalue weighted by atomic mass is 10.1. The number of hydrogen-bond acceptors (Lipinski definition) is 6. The molecule has 1 unspecified atom stereocenters. The quantitative estimate of drug-likeness (QED) is 0.552. The van der Waals surface area contributed by atoms with Crippen molar-refractivity contribution in [3.05, 3.63) is 35.4 Å². The predicted octanol–water partition coefficient (Wildman–Crippen LogP) is 0.869. The van der Waals surface area contributed by atoms with E-state index in [0.29, 0.717) is 5.56 Å². The molecule has 0 radical (unpaired) electrons. The molecule has 9 heteroatoms. The van der Waals surface area contributed by atoms with E-state index in [1.54, 1.807) is 12.1 Å². The second-order valence-corrected chi connectivity index (χ2v) is 6.86. The molecule has 1 aromatic carbocycles. The van der Waals surface area contributed by atoms with Crippen LogP contribution in [0.4, 0.5) is 4.79 Å². The third-order valence-corrected chi connectivity index (χ3v) is 4.49. The Morgan fingerprint density at radius 1 is 1.11 bits per heavy atom. The Hall–Kier alpha value is -3.23. The van der Waals surface area contributed by atoms with E-state index in [1.165, 1.54) is 24.0 Å². The molecule has 1 heterocycles. The van der Waals surface area contributed by atoms with Gasteiger partial charge in [-0.2, -0.15) is 0 Å². The van der Waals surface area contributed by atoms with Gasteiger partial charge in [0.1, 0.15) is 0 Å². The summed E-state index contributed by atoms with van der Waals surface area (Å²) < 4.78 is 5.08. The molecule has 1 aliphatic heterocycles. The number of hydrogen-bond donors (Lipinski definition) is 2. The summed E-state index contributed by atoms with van der Waals surface area (Å²) in [5.74, 6) is -1.85. The fourth-order valence-electron chi connectivity index (χ4n) is 2.67. The number of ether oxygens (including phenoxy) is 1. The largest absolute Gasteiger partial charge is 0.449 e. The third-order valence-electron chi connectivity index (χ3n) is 4.49. The van der Waals surface area contributed by atoms with Crippen molar-refractivity contribution in [1.82, 2.24) is 15.5 Å². The Balaban J connectivity index is 1.50. The van der Waals surface area contributed by atoms with Crippen LogP contribution in [0.25, 0.3) is 0 Å². The van der Waals surface area contributed by atoms with Crippen LogP contribution < -0.4 is 10.6 Å². The summed E-state index contributed by atoms with van der Waals surface area (Å²) in [5, 5.41) is 4.73. The topological polar surface area (TPSA) is 122 Å². The SMILES string of the molecule is CC(OC(=O)c1ccc(CN2C(=O)CCC2=O)cc1)C(=O)NC(=O)NC1CC1. The molecule has 9 nitrogen and oxygen atoms in total. The van der Waals surface area contributed by atoms with Crippen molar-refractivity contribution in [3.8, 4) is 0 Å². The minimum Gasteiger partial charge on any atom is -0.449 e. The fraction of sp³-hybridized carbons (Fsp3) is 0.421. The normalized spacial score (nSPS) is 17.2. The number of carbonyl (C=O) groups excluding carboxylic acids is 5. The van der Waals surface area contributed by atoms with Crippen molar-refractivity contribution in [2.24, 2.45) is 0 Å². The molecule has 2 N–H and O–H groups in total. The molecule has 1 saturated heterocycles. The van der Waals surface area contributed by atoms with Gasteiger partial charge in [0.15, 0.2) is 6.10 Å². The maximum atomic E-state index is 12.2. The molecule has 0 aromatic heterocycles. The maximum absolute atomic E-state index is 12.2. The number of esters is 1. The van der Waals surface area contributed by atoms with Gasteiger partial charge in [-0.1, -0.05) is 12.1 Å². The summed E-state index contributed by atoms with van der Waals surface area (Å²) >= 11 is 0. The highest BCUT2D eigenvalue weighted by Crippen LogP contribution is 2.18. The third kappa shape index (κ3) is 4.93. The van der Waals surface area contributed by atoms with Crippen LogP contribution in [0.15, 0.2) is 24.3 Å². The zero-order valence-electron chi connectivity index (χ0n) is 15.4. The van der Waals surface area contributed by atoms with Crippen molar-refractivity contribution in [1.29, 1.82) is 0 Å². The summed E-state index contributed by atoms with van der Waals surface area (Å²) in [6.45, 7) is 1.53. The molecule has 1 aromatic rings. The molecule has 5 amide bonds. The van der Waals surface area contributed by atoms with Gasteiger partial charge in [0.25, 0.3) is 5.91 Å². The molecule has 1 atom stereocenters. The van der Waals surface area contributed by atoms with E-state index < -0.39 is 24.0 Å². The molecular formula is C19H21N3O6. The number of rotatable bonds is 6. The first kappa shape index (κ1) is 19.5. The van der Waals surface area contributed by atoms with Crippen molar-refractivity contribution >= 4 is 29.7 Å². The van der Waals surface area contributed by atoms with Gasteiger partial charge in [-0.25, -0.2) is 9.59 Å². The Labute approximate surface area is 161 Å². The molecule has 148 valence electrons. The summed E-state index contributed by atoms with van der Waals surface area (Å²) in [6.07, 6.45) is 1.09. The average molecular weight is 387 g/mol. The fourth-order valence-corrected chi connectivity index (χ4v) is 2.67. The molecule has 2 aliphatic rings. The van der Waals surface area contributed by atoms with Gasteiger partial charge < -0.3 is 10.1 Å². The van der Waals surface area contributed by atoms with E-state index in [1.807, 2.05) is 0 Å². The van der Waals surface area contributed by atoms with Crippen LogP contribution in [-0.4, -0.2) is 46.8 Å². The first-order valence-corrected chi connectivity index (χ1v) is 9.08. The molecule has 0 bridgehead atoms. The molecular weight excluding hydrogens is 366 g/mol. The van der Waals surface area contributed by atoms with Crippen LogP contribution >= 0.6 is 0 Å². The number of likely N-dealkylation sites (tertiary alicyclic amines) is 1. The van der Waals surface area contributed by atoms with Crippen molar-refractivity contribution < 1.29 is 28.7 Å². The lowest BCUT2D eigenvalue weighted by molar-refractivity contribution is -0.139. The molecule has 1 saturated carbocycles. The summed E-state index contributed by atoms with van der Waals surface area (Å²) in [6, 6.07) is 5.72. The van der Waals surface area contributed by atoms with E-state index >= 15 is 0 Å². The van der Waals surface area contributed by atoms with Crippen molar-refractivity contribution in [3.63, 3.8) is 0 Å². The zero-order chi connectivity index (χ0) is 20.3. The smallest absolute Gasteiger partial charge is 0.338 e. The number of nitrogens with zero attached hydrogens (tertiary/aromatic N) is 1. The van der Waals surface area contributed by atoms with Crippen molar-refractivity contribution in [2.45, 2.75) is 51.3 Å². The number of benzene rings is 1. The second kappa shape index (κ2) is 8.20. The van der Waals surface area contributed by atoms with Gasteiger partial charge in [-0.3, -0.25) is 24.6 Å². The predicted molar refractivity (Wildman–Crippen MR) is 95.8 cm³/mol. The number of imide groups is 2. The lowest BCUT2D eigenvalue weighted by Gasteiger charge is -2.15. The number of carbonyl (C=O) groups is 5. The Bertz CT molecular complexity index is 799. The molecule has 1 aliphatic carbocycles. The van der Waals surface area contributed by atoms with E-state index in [9.17, 15) is 24.0 Å². The minimum absolute atomic E-state index is 0.107. The van der Waals surface area contributed by atoms with Crippen LogP contribution in [0.3, 0.4) is 0 Å². The van der Waals surface area contributed by atoms with Crippen LogP contribution in [0.1, 0.15) is 48.5 Å². The van der Waals surface area contributed by atoms with E-state index in [-0.39, 0.29) is 42.8 Å². The van der Waals surface area contributed by atoms with Crippen LogP contribution in [-0.2, 0) is 25.7 Å². The number of urea groups is 1. The first-order valence-electron chi connectivity index (χ1n) is 9.08.